The monoisotopic (exact) mass is 323 g/mol. The van der Waals surface area contributed by atoms with Crippen molar-refractivity contribution in [2.45, 2.75) is 32.6 Å². The highest BCUT2D eigenvalue weighted by Gasteiger charge is 2.22. The van der Waals surface area contributed by atoms with E-state index in [1.165, 1.54) is 41.0 Å². The molecule has 0 unspecified atom stereocenters. The van der Waals surface area contributed by atoms with Crippen molar-refractivity contribution in [3.63, 3.8) is 0 Å². The summed E-state index contributed by atoms with van der Waals surface area (Å²) in [6.07, 6.45) is 4.55. The van der Waals surface area contributed by atoms with Crippen LogP contribution in [0.15, 0.2) is 41.1 Å². The predicted octanol–water partition coefficient (Wildman–Crippen LogP) is 4.91. The van der Waals surface area contributed by atoms with Gasteiger partial charge in [-0.2, -0.15) is 16.4 Å². The molecule has 1 aliphatic heterocycles. The van der Waals surface area contributed by atoms with Gasteiger partial charge in [-0.25, -0.2) is 4.68 Å². The van der Waals surface area contributed by atoms with Gasteiger partial charge in [0.1, 0.15) is 5.82 Å². The van der Waals surface area contributed by atoms with Crippen LogP contribution in [0.25, 0.3) is 16.9 Å². The SMILES string of the molecule is CCc1ccccc1-n1nc(-c2ccsc2)c2c1NCCCC2. The predicted molar refractivity (Wildman–Crippen MR) is 97.7 cm³/mol. The average molecular weight is 323 g/mol. The molecule has 23 heavy (non-hydrogen) atoms. The molecule has 1 N–H and O–H groups in total. The lowest BCUT2D eigenvalue weighted by Crippen LogP contribution is -2.08. The van der Waals surface area contributed by atoms with Gasteiger partial charge in [-0.1, -0.05) is 25.1 Å². The fraction of sp³-hybridized carbons (Fsp3) is 0.316. The summed E-state index contributed by atoms with van der Waals surface area (Å²) in [5.41, 5.74) is 6.28. The first-order valence-corrected chi connectivity index (χ1v) is 9.29. The van der Waals surface area contributed by atoms with E-state index < -0.39 is 0 Å². The fourth-order valence-electron chi connectivity index (χ4n) is 3.32. The number of nitrogens with one attached hydrogen (secondary N) is 1. The number of fused-ring (bicyclic) bond motifs is 1. The second-order valence-corrected chi connectivity index (χ2v) is 6.75. The summed E-state index contributed by atoms with van der Waals surface area (Å²) in [5, 5.41) is 13.0. The number of aryl methyl sites for hydroxylation is 1. The van der Waals surface area contributed by atoms with Crippen molar-refractivity contribution in [1.82, 2.24) is 9.78 Å². The quantitative estimate of drug-likeness (QED) is 0.742. The van der Waals surface area contributed by atoms with E-state index in [0.29, 0.717) is 0 Å². The molecule has 0 aliphatic carbocycles. The molecule has 0 fully saturated rings. The minimum absolute atomic E-state index is 1.01. The number of aromatic nitrogens is 2. The first kappa shape index (κ1) is 14.5. The lowest BCUT2D eigenvalue weighted by molar-refractivity contribution is 0.779. The summed E-state index contributed by atoms with van der Waals surface area (Å²) in [7, 11) is 0. The molecule has 118 valence electrons. The molecule has 0 spiro atoms. The summed E-state index contributed by atoms with van der Waals surface area (Å²) in [6.45, 7) is 3.23. The maximum Gasteiger partial charge on any atom is 0.133 e. The fourth-order valence-corrected chi connectivity index (χ4v) is 3.96. The van der Waals surface area contributed by atoms with Crippen molar-refractivity contribution in [3.8, 4) is 16.9 Å². The van der Waals surface area contributed by atoms with Crippen LogP contribution in [-0.4, -0.2) is 16.3 Å². The normalized spacial score (nSPS) is 14.1. The van der Waals surface area contributed by atoms with Crippen molar-refractivity contribution in [3.05, 3.63) is 52.2 Å². The van der Waals surface area contributed by atoms with Crippen LogP contribution < -0.4 is 5.32 Å². The Kier molecular flexibility index (Phi) is 3.92. The van der Waals surface area contributed by atoms with Crippen molar-refractivity contribution in [2.24, 2.45) is 0 Å². The van der Waals surface area contributed by atoms with Gasteiger partial charge in [-0.3, -0.25) is 0 Å². The third kappa shape index (κ3) is 2.57. The van der Waals surface area contributed by atoms with Crippen molar-refractivity contribution < 1.29 is 0 Å². The van der Waals surface area contributed by atoms with Crippen LogP contribution in [0, 0.1) is 0 Å². The smallest absolute Gasteiger partial charge is 0.133 e. The maximum atomic E-state index is 5.02. The molecule has 2 aromatic heterocycles. The Balaban J connectivity index is 1.93. The Morgan fingerprint density at radius 3 is 2.96 bits per heavy atom. The molecule has 0 atom stereocenters. The lowest BCUT2D eigenvalue weighted by Gasteiger charge is -2.12. The molecule has 0 radical (unpaired) electrons. The second-order valence-electron chi connectivity index (χ2n) is 5.97. The first-order chi connectivity index (χ1) is 11.4. The van der Waals surface area contributed by atoms with Gasteiger partial charge in [0, 0.05) is 23.1 Å². The Bertz CT molecular complexity index is 802. The largest absolute Gasteiger partial charge is 0.370 e. The molecule has 4 rings (SSSR count). The van der Waals surface area contributed by atoms with Crippen molar-refractivity contribution >= 4 is 17.2 Å². The van der Waals surface area contributed by atoms with Crippen LogP contribution in [0.5, 0.6) is 0 Å². The van der Waals surface area contributed by atoms with Crippen LogP contribution in [0.1, 0.15) is 30.9 Å². The number of hydrogen-bond acceptors (Lipinski definition) is 3. The molecule has 1 aromatic carbocycles. The van der Waals surface area contributed by atoms with Gasteiger partial charge in [0.15, 0.2) is 0 Å². The van der Waals surface area contributed by atoms with E-state index in [0.717, 1.165) is 25.1 Å². The van der Waals surface area contributed by atoms with Crippen LogP contribution in [-0.2, 0) is 12.8 Å². The summed E-state index contributed by atoms with van der Waals surface area (Å²) in [4.78, 5) is 0. The third-order valence-corrected chi connectivity index (χ3v) is 5.21. The second kappa shape index (κ2) is 6.20. The van der Waals surface area contributed by atoms with Gasteiger partial charge >= 0.3 is 0 Å². The standard InChI is InChI=1S/C19H21N3S/c1-2-14-7-3-4-9-17(14)22-19-16(8-5-6-11-20-19)18(21-22)15-10-12-23-13-15/h3-4,7,9-10,12-13,20H,2,5-6,8,11H2,1H3. The number of para-hydroxylation sites is 1. The molecule has 0 saturated carbocycles. The van der Waals surface area contributed by atoms with E-state index in [1.54, 1.807) is 11.3 Å². The topological polar surface area (TPSA) is 29.9 Å². The number of rotatable bonds is 3. The molecule has 3 nitrogen and oxygen atoms in total. The summed E-state index contributed by atoms with van der Waals surface area (Å²) >= 11 is 1.73. The number of anilines is 1. The van der Waals surface area contributed by atoms with Gasteiger partial charge in [0.2, 0.25) is 0 Å². The highest BCUT2D eigenvalue weighted by molar-refractivity contribution is 7.08. The van der Waals surface area contributed by atoms with E-state index >= 15 is 0 Å². The van der Waals surface area contributed by atoms with E-state index in [9.17, 15) is 0 Å². The zero-order valence-corrected chi connectivity index (χ0v) is 14.2. The van der Waals surface area contributed by atoms with E-state index in [4.69, 9.17) is 5.10 Å². The molecule has 0 amide bonds. The first-order valence-electron chi connectivity index (χ1n) is 8.35. The molecule has 1 aliphatic rings. The Morgan fingerprint density at radius 2 is 2.13 bits per heavy atom. The zero-order chi connectivity index (χ0) is 15.6. The number of nitrogens with zero attached hydrogens (tertiary/aromatic N) is 2. The lowest BCUT2D eigenvalue weighted by atomic mass is 10.1. The molecule has 0 saturated heterocycles. The molecular weight excluding hydrogens is 302 g/mol. The van der Waals surface area contributed by atoms with E-state index in [-0.39, 0.29) is 0 Å². The van der Waals surface area contributed by atoms with Crippen molar-refractivity contribution in [2.75, 3.05) is 11.9 Å². The molecule has 4 heteroatoms. The van der Waals surface area contributed by atoms with Gasteiger partial charge in [0.05, 0.1) is 11.4 Å². The number of thiophene rings is 1. The van der Waals surface area contributed by atoms with Gasteiger partial charge in [-0.15, -0.1) is 0 Å². The third-order valence-electron chi connectivity index (χ3n) is 4.52. The Labute approximate surface area is 141 Å². The number of benzene rings is 1. The molecule has 0 bridgehead atoms. The number of hydrogen-bond donors (Lipinski definition) is 1. The van der Waals surface area contributed by atoms with Crippen LogP contribution in [0.2, 0.25) is 0 Å². The summed E-state index contributed by atoms with van der Waals surface area (Å²) in [6, 6.07) is 10.8. The minimum atomic E-state index is 1.01. The van der Waals surface area contributed by atoms with Gasteiger partial charge < -0.3 is 5.32 Å². The highest BCUT2D eigenvalue weighted by Crippen LogP contribution is 2.35. The van der Waals surface area contributed by atoms with Crippen LogP contribution >= 0.6 is 11.3 Å². The average Bonchev–Trinajstić information content (AvgIpc) is 3.17. The van der Waals surface area contributed by atoms with Gasteiger partial charge in [0.25, 0.3) is 0 Å². The molecular formula is C19H21N3S. The van der Waals surface area contributed by atoms with Crippen LogP contribution in [0.3, 0.4) is 0 Å². The Morgan fingerprint density at radius 1 is 1.22 bits per heavy atom. The van der Waals surface area contributed by atoms with E-state index in [2.05, 4.69) is 58.0 Å². The Hall–Kier alpha value is -2.07. The summed E-state index contributed by atoms with van der Waals surface area (Å²) in [5.74, 6) is 1.18. The van der Waals surface area contributed by atoms with Crippen LogP contribution in [0.4, 0.5) is 5.82 Å². The molecule has 3 heterocycles. The maximum absolute atomic E-state index is 5.02. The highest BCUT2D eigenvalue weighted by atomic mass is 32.1. The minimum Gasteiger partial charge on any atom is -0.370 e. The molecule has 3 aromatic rings. The van der Waals surface area contributed by atoms with E-state index in [1.807, 2.05) is 0 Å². The summed E-state index contributed by atoms with van der Waals surface area (Å²) < 4.78 is 2.13. The zero-order valence-electron chi connectivity index (χ0n) is 13.4. The van der Waals surface area contributed by atoms with Crippen molar-refractivity contribution in [1.29, 1.82) is 0 Å². The van der Waals surface area contributed by atoms with Gasteiger partial charge in [-0.05, 0) is 48.8 Å².